The van der Waals surface area contributed by atoms with Crippen molar-refractivity contribution in [2.75, 3.05) is 7.11 Å². The van der Waals surface area contributed by atoms with Crippen molar-refractivity contribution in [3.63, 3.8) is 0 Å². The van der Waals surface area contributed by atoms with Gasteiger partial charge in [-0.1, -0.05) is 12.1 Å². The van der Waals surface area contributed by atoms with Crippen LogP contribution in [0.4, 0.5) is 0 Å². The van der Waals surface area contributed by atoms with E-state index < -0.39 is 17.5 Å². The van der Waals surface area contributed by atoms with Crippen LogP contribution in [0.1, 0.15) is 56.7 Å². The van der Waals surface area contributed by atoms with Crippen LogP contribution < -0.4 is 15.6 Å². The average Bonchev–Trinajstić information content (AvgIpc) is 3.17. The zero-order valence-corrected chi connectivity index (χ0v) is 16.8. The molecule has 30 heavy (non-hydrogen) atoms. The quantitative estimate of drug-likeness (QED) is 0.675. The van der Waals surface area contributed by atoms with Gasteiger partial charge in [-0.25, -0.2) is 4.98 Å². The Bertz CT molecular complexity index is 1160. The van der Waals surface area contributed by atoms with E-state index in [1.165, 1.54) is 6.07 Å². The lowest BCUT2D eigenvalue weighted by molar-refractivity contribution is 0.0939. The summed E-state index contributed by atoms with van der Waals surface area (Å²) in [6.07, 6.45) is 5.17. The Morgan fingerprint density at radius 2 is 2.00 bits per heavy atom. The minimum absolute atomic E-state index is 0.0580. The molecule has 4 rings (SSSR count). The first-order valence-electron chi connectivity index (χ1n) is 9.69. The maximum absolute atomic E-state index is 13.1. The highest BCUT2D eigenvalue weighted by Crippen LogP contribution is 2.24. The molecule has 1 aromatic carbocycles. The van der Waals surface area contributed by atoms with Crippen molar-refractivity contribution < 1.29 is 14.3 Å². The summed E-state index contributed by atoms with van der Waals surface area (Å²) >= 11 is 0. The van der Waals surface area contributed by atoms with Crippen molar-refractivity contribution in [1.82, 2.24) is 19.9 Å². The molecule has 1 atom stereocenters. The summed E-state index contributed by atoms with van der Waals surface area (Å²) in [6, 6.07) is 8.07. The highest BCUT2D eigenvalue weighted by molar-refractivity contribution is 6.01. The Balaban J connectivity index is 1.70. The van der Waals surface area contributed by atoms with E-state index in [1.54, 1.807) is 36.2 Å². The molecule has 0 saturated heterocycles. The van der Waals surface area contributed by atoms with Gasteiger partial charge in [0.05, 0.1) is 7.11 Å². The average molecular weight is 406 g/mol. The van der Waals surface area contributed by atoms with Crippen molar-refractivity contribution in [3.8, 4) is 5.75 Å². The predicted octanol–water partition coefficient (Wildman–Crippen LogP) is 2.16. The van der Waals surface area contributed by atoms with Gasteiger partial charge >= 0.3 is 0 Å². The predicted molar refractivity (Wildman–Crippen MR) is 110 cm³/mol. The molecule has 154 valence electrons. The maximum atomic E-state index is 13.1. The minimum Gasteiger partial charge on any atom is -0.497 e. The van der Waals surface area contributed by atoms with E-state index in [0.29, 0.717) is 42.1 Å². The molecule has 0 aliphatic heterocycles. The largest absolute Gasteiger partial charge is 0.497 e. The number of amides is 1. The standard InChI is InChI=1S/C22H22N4O4/c1-26-11-10-23-20(26)19(13-6-8-14(30-2)9-7-13)25-22(29)16-12-15-17(24-21(16)28)4-3-5-18(15)27/h6-12,19H,3-5H2,1-2H3,(H,24,28)(H,25,29)/t19-/m0/s1. The summed E-state index contributed by atoms with van der Waals surface area (Å²) in [5.74, 6) is 0.672. The van der Waals surface area contributed by atoms with Crippen molar-refractivity contribution in [2.24, 2.45) is 7.05 Å². The van der Waals surface area contributed by atoms with E-state index in [4.69, 9.17) is 4.74 Å². The van der Waals surface area contributed by atoms with Crippen LogP contribution >= 0.6 is 0 Å². The Morgan fingerprint density at radius 3 is 2.67 bits per heavy atom. The maximum Gasteiger partial charge on any atom is 0.261 e. The number of H-pyrrole nitrogens is 1. The molecule has 1 amide bonds. The molecule has 2 aromatic heterocycles. The molecule has 1 aliphatic rings. The molecular weight excluding hydrogens is 384 g/mol. The third-order valence-electron chi connectivity index (χ3n) is 5.34. The third kappa shape index (κ3) is 3.63. The van der Waals surface area contributed by atoms with Gasteiger partial charge in [-0.3, -0.25) is 14.4 Å². The monoisotopic (exact) mass is 406 g/mol. The van der Waals surface area contributed by atoms with Crippen molar-refractivity contribution in [3.05, 3.63) is 81.3 Å². The molecule has 0 bridgehead atoms. The van der Waals surface area contributed by atoms with Crippen LogP contribution in [0.3, 0.4) is 0 Å². The Morgan fingerprint density at radius 1 is 1.23 bits per heavy atom. The number of nitrogens with zero attached hydrogens (tertiary/aromatic N) is 2. The highest BCUT2D eigenvalue weighted by Gasteiger charge is 2.26. The molecule has 0 unspecified atom stereocenters. The summed E-state index contributed by atoms with van der Waals surface area (Å²) in [4.78, 5) is 44.9. The molecule has 0 saturated carbocycles. The fourth-order valence-corrected chi connectivity index (χ4v) is 3.70. The first-order valence-corrected chi connectivity index (χ1v) is 9.69. The number of nitrogens with one attached hydrogen (secondary N) is 2. The van der Waals surface area contributed by atoms with E-state index in [2.05, 4.69) is 15.3 Å². The van der Waals surface area contributed by atoms with Gasteiger partial charge < -0.3 is 19.6 Å². The lowest BCUT2D eigenvalue weighted by atomic mass is 9.93. The smallest absolute Gasteiger partial charge is 0.261 e. The summed E-state index contributed by atoms with van der Waals surface area (Å²) in [5.41, 5.74) is 1.21. The second kappa shape index (κ2) is 7.98. The molecule has 1 aliphatic carbocycles. The number of Topliss-reactive ketones (excluding diaryl/α,β-unsaturated/α-hetero) is 1. The van der Waals surface area contributed by atoms with Gasteiger partial charge in [-0.2, -0.15) is 0 Å². The van der Waals surface area contributed by atoms with Crippen molar-refractivity contribution in [2.45, 2.75) is 25.3 Å². The van der Waals surface area contributed by atoms with E-state index in [1.807, 2.05) is 19.2 Å². The molecule has 2 heterocycles. The van der Waals surface area contributed by atoms with Crippen molar-refractivity contribution in [1.29, 1.82) is 0 Å². The van der Waals surface area contributed by atoms with Crippen LogP contribution in [0, 0.1) is 0 Å². The van der Waals surface area contributed by atoms with Gasteiger partial charge in [-0.15, -0.1) is 0 Å². The number of benzene rings is 1. The second-order valence-electron chi connectivity index (χ2n) is 7.26. The number of carbonyl (C=O) groups is 2. The van der Waals surface area contributed by atoms with Crippen LogP contribution in [0.15, 0.2) is 47.5 Å². The number of carbonyl (C=O) groups excluding carboxylic acids is 2. The molecule has 8 heteroatoms. The number of ether oxygens (including phenoxy) is 1. The fourth-order valence-electron chi connectivity index (χ4n) is 3.70. The topological polar surface area (TPSA) is 106 Å². The van der Waals surface area contributed by atoms with E-state index >= 15 is 0 Å². The summed E-state index contributed by atoms with van der Waals surface area (Å²) in [5, 5.41) is 2.90. The van der Waals surface area contributed by atoms with Gasteiger partial charge in [0, 0.05) is 37.1 Å². The number of hydrogen-bond acceptors (Lipinski definition) is 5. The number of fused-ring (bicyclic) bond motifs is 1. The Hall–Kier alpha value is -3.68. The van der Waals surface area contributed by atoms with Crippen LogP contribution in [0.5, 0.6) is 5.75 Å². The fraction of sp³-hybridized carbons (Fsp3) is 0.273. The SMILES string of the molecule is COc1ccc([C@H](NC(=O)c2cc3c([nH]c2=O)CCCC3=O)c2nccn2C)cc1. The summed E-state index contributed by atoms with van der Waals surface area (Å²) in [6.45, 7) is 0. The number of imidazole rings is 1. The van der Waals surface area contributed by atoms with E-state index in [0.717, 1.165) is 5.56 Å². The zero-order valence-electron chi connectivity index (χ0n) is 16.8. The molecule has 3 aromatic rings. The molecule has 8 nitrogen and oxygen atoms in total. The number of rotatable bonds is 5. The van der Waals surface area contributed by atoms with Crippen LogP contribution in [-0.4, -0.2) is 33.3 Å². The van der Waals surface area contributed by atoms with Crippen molar-refractivity contribution >= 4 is 11.7 Å². The lowest BCUT2D eigenvalue weighted by Crippen LogP contribution is -2.35. The molecule has 0 fully saturated rings. The van der Waals surface area contributed by atoms with Gasteiger partial charge in [0.2, 0.25) is 0 Å². The number of aromatic amines is 1. The molecule has 0 radical (unpaired) electrons. The number of methoxy groups -OCH3 is 1. The second-order valence-corrected chi connectivity index (χ2v) is 7.26. The number of ketones is 1. The molecule has 2 N–H and O–H groups in total. The number of pyridine rings is 1. The normalized spacial score (nSPS) is 14.1. The zero-order chi connectivity index (χ0) is 21.3. The lowest BCUT2D eigenvalue weighted by Gasteiger charge is -2.20. The number of aromatic nitrogens is 3. The highest BCUT2D eigenvalue weighted by atomic mass is 16.5. The first-order chi connectivity index (χ1) is 14.5. The van der Waals surface area contributed by atoms with E-state index in [-0.39, 0.29) is 11.3 Å². The van der Waals surface area contributed by atoms with Gasteiger partial charge in [0.15, 0.2) is 5.78 Å². The van der Waals surface area contributed by atoms with Crippen LogP contribution in [0.2, 0.25) is 0 Å². The first kappa shape index (κ1) is 19.6. The molecule has 0 spiro atoms. The Kier molecular flexibility index (Phi) is 5.22. The number of hydrogen-bond donors (Lipinski definition) is 2. The van der Waals surface area contributed by atoms with Crippen LogP contribution in [-0.2, 0) is 13.5 Å². The van der Waals surface area contributed by atoms with Gasteiger partial charge in [-0.05, 0) is 36.6 Å². The van der Waals surface area contributed by atoms with Gasteiger partial charge in [0.1, 0.15) is 23.2 Å². The molecular formula is C22H22N4O4. The summed E-state index contributed by atoms with van der Waals surface area (Å²) in [7, 11) is 3.41. The van der Waals surface area contributed by atoms with Gasteiger partial charge in [0.25, 0.3) is 11.5 Å². The minimum atomic E-state index is -0.588. The summed E-state index contributed by atoms with van der Waals surface area (Å²) < 4.78 is 7.01. The Labute approximate surface area is 172 Å². The van der Waals surface area contributed by atoms with E-state index in [9.17, 15) is 14.4 Å². The third-order valence-corrected chi connectivity index (χ3v) is 5.34. The van der Waals surface area contributed by atoms with Crippen LogP contribution in [0.25, 0.3) is 0 Å². The number of aryl methyl sites for hydroxylation is 2.